The number of aromatic nitrogens is 1. The first-order valence-electron chi connectivity index (χ1n) is 5.60. The van der Waals surface area contributed by atoms with Crippen LogP contribution < -0.4 is 16.0 Å². The van der Waals surface area contributed by atoms with Crippen LogP contribution in [0.25, 0.3) is 0 Å². The Morgan fingerprint density at radius 2 is 2.10 bits per heavy atom. The van der Waals surface area contributed by atoms with Gasteiger partial charge in [0, 0.05) is 16.1 Å². The molecule has 0 bridgehead atoms. The van der Waals surface area contributed by atoms with E-state index in [0.717, 1.165) is 10.0 Å². The first kappa shape index (κ1) is 14.2. The van der Waals surface area contributed by atoms with Crippen LogP contribution in [0.15, 0.2) is 40.9 Å². The smallest absolute Gasteiger partial charge is 0.331 e. The van der Waals surface area contributed by atoms with Gasteiger partial charge in [-0.25, -0.2) is 5.84 Å². The van der Waals surface area contributed by atoms with E-state index in [2.05, 4.69) is 26.3 Å². The number of nitrogens with zero attached hydrogens (tertiary/aromatic N) is 2. The zero-order valence-corrected chi connectivity index (χ0v) is 11.8. The number of anilines is 1. The predicted octanol–water partition coefficient (Wildman–Crippen LogP) is 2.62. The zero-order chi connectivity index (χ0) is 14.5. The van der Waals surface area contributed by atoms with Gasteiger partial charge in [0.1, 0.15) is 12.4 Å². The second kappa shape index (κ2) is 6.31. The lowest BCUT2D eigenvalue weighted by atomic mass is 10.2. The van der Waals surface area contributed by atoms with Crippen molar-refractivity contribution in [2.45, 2.75) is 6.61 Å². The number of hydrogen-bond acceptors (Lipinski definition) is 6. The van der Waals surface area contributed by atoms with Gasteiger partial charge in [-0.3, -0.25) is 10.1 Å². The molecule has 3 N–H and O–H groups in total. The monoisotopic (exact) mass is 338 g/mol. The van der Waals surface area contributed by atoms with Crippen LogP contribution in [-0.4, -0.2) is 9.91 Å². The Morgan fingerprint density at radius 1 is 1.35 bits per heavy atom. The normalized spacial score (nSPS) is 10.1. The number of benzene rings is 1. The Bertz CT molecular complexity index is 636. The Balaban J connectivity index is 2.24. The molecule has 104 valence electrons. The van der Waals surface area contributed by atoms with Crippen molar-refractivity contribution in [3.8, 4) is 5.88 Å². The Kier molecular flexibility index (Phi) is 4.49. The van der Waals surface area contributed by atoms with Crippen LogP contribution in [0.2, 0.25) is 0 Å². The third kappa shape index (κ3) is 3.22. The maximum absolute atomic E-state index is 10.9. The summed E-state index contributed by atoms with van der Waals surface area (Å²) in [5, 5.41) is 10.9. The van der Waals surface area contributed by atoms with Crippen LogP contribution in [0.4, 0.5) is 11.5 Å². The molecule has 1 aromatic heterocycles. The van der Waals surface area contributed by atoms with E-state index in [4.69, 9.17) is 10.6 Å². The van der Waals surface area contributed by atoms with Gasteiger partial charge in [0.15, 0.2) is 0 Å². The molecule has 0 radical (unpaired) electrons. The number of nitrogens with one attached hydrogen (secondary N) is 1. The quantitative estimate of drug-likeness (QED) is 0.493. The van der Waals surface area contributed by atoms with Crippen molar-refractivity contribution in [3.63, 3.8) is 0 Å². The number of halogens is 1. The van der Waals surface area contributed by atoms with Crippen molar-refractivity contribution in [2.24, 2.45) is 5.84 Å². The lowest BCUT2D eigenvalue weighted by molar-refractivity contribution is -0.386. The Labute approximate surface area is 123 Å². The van der Waals surface area contributed by atoms with Gasteiger partial charge in [-0.1, -0.05) is 34.1 Å². The Hall–Kier alpha value is -2.19. The minimum atomic E-state index is -0.553. The summed E-state index contributed by atoms with van der Waals surface area (Å²) in [5.74, 6) is 5.44. The minimum absolute atomic E-state index is 0.0822. The van der Waals surface area contributed by atoms with Gasteiger partial charge in [0.25, 0.3) is 5.88 Å². The van der Waals surface area contributed by atoms with E-state index in [1.807, 2.05) is 24.3 Å². The number of nitrogen functional groups attached to an aromatic ring is 1. The standard InChI is InChI=1S/C12H11BrN4O3/c13-9-4-2-1-3-8(9)7-20-12-10(17(18)19)5-6-11(15-12)16-14/h1-6H,7,14H2,(H,15,16). The third-order valence-electron chi connectivity index (χ3n) is 2.51. The average molecular weight is 339 g/mol. The molecule has 0 atom stereocenters. The average Bonchev–Trinajstić information content (AvgIpc) is 2.46. The van der Waals surface area contributed by atoms with Crippen molar-refractivity contribution in [1.82, 2.24) is 4.98 Å². The van der Waals surface area contributed by atoms with Gasteiger partial charge >= 0.3 is 5.69 Å². The van der Waals surface area contributed by atoms with Gasteiger partial charge in [-0.15, -0.1) is 0 Å². The van der Waals surface area contributed by atoms with Gasteiger partial charge in [-0.05, 0) is 12.1 Å². The summed E-state index contributed by atoms with van der Waals surface area (Å²) < 4.78 is 6.29. The molecule has 0 spiro atoms. The van der Waals surface area contributed by atoms with E-state index < -0.39 is 4.92 Å². The number of rotatable bonds is 5. The lowest BCUT2D eigenvalue weighted by Gasteiger charge is -2.08. The number of nitro groups is 1. The van der Waals surface area contributed by atoms with Gasteiger partial charge in [0.05, 0.1) is 4.92 Å². The first-order chi connectivity index (χ1) is 9.61. The molecule has 2 rings (SSSR count). The fourth-order valence-corrected chi connectivity index (χ4v) is 1.92. The largest absolute Gasteiger partial charge is 0.468 e. The summed E-state index contributed by atoms with van der Waals surface area (Å²) in [4.78, 5) is 14.3. The summed E-state index contributed by atoms with van der Waals surface area (Å²) in [6.07, 6.45) is 0. The fraction of sp³-hybridized carbons (Fsp3) is 0.0833. The number of nitrogens with two attached hydrogens (primary N) is 1. The molecule has 0 fully saturated rings. The van der Waals surface area contributed by atoms with Gasteiger partial charge in [-0.2, -0.15) is 4.98 Å². The number of hydrazine groups is 1. The second-order valence-corrected chi connectivity index (χ2v) is 4.66. The highest BCUT2D eigenvalue weighted by molar-refractivity contribution is 9.10. The van der Waals surface area contributed by atoms with Crippen molar-refractivity contribution in [3.05, 3.63) is 56.5 Å². The summed E-state index contributed by atoms with van der Waals surface area (Å²) in [6, 6.07) is 10.1. The van der Waals surface area contributed by atoms with Crippen LogP contribution in [0, 0.1) is 10.1 Å². The topological polar surface area (TPSA) is 103 Å². The summed E-state index contributed by atoms with van der Waals surface area (Å²) in [5.41, 5.74) is 2.96. The predicted molar refractivity (Wildman–Crippen MR) is 77.2 cm³/mol. The number of pyridine rings is 1. The molecule has 0 aliphatic heterocycles. The number of ether oxygens (including phenoxy) is 1. The highest BCUT2D eigenvalue weighted by Crippen LogP contribution is 2.27. The van der Waals surface area contributed by atoms with Crippen LogP contribution >= 0.6 is 15.9 Å². The number of hydrogen-bond donors (Lipinski definition) is 2. The minimum Gasteiger partial charge on any atom is -0.468 e. The van der Waals surface area contributed by atoms with Crippen molar-refractivity contribution >= 4 is 27.4 Å². The summed E-state index contributed by atoms with van der Waals surface area (Å²) in [6.45, 7) is 0.156. The molecule has 0 amide bonds. The van der Waals surface area contributed by atoms with Crippen molar-refractivity contribution in [2.75, 3.05) is 5.43 Å². The SMILES string of the molecule is NNc1ccc([N+](=O)[O-])c(OCc2ccccc2Br)n1. The molecule has 1 heterocycles. The van der Waals surface area contributed by atoms with Gasteiger partial charge < -0.3 is 10.2 Å². The molecule has 1 aromatic carbocycles. The van der Waals surface area contributed by atoms with Crippen molar-refractivity contribution < 1.29 is 9.66 Å². The molecule has 2 aromatic rings. The molecule has 8 heteroatoms. The van der Waals surface area contributed by atoms with E-state index in [-0.39, 0.29) is 24.0 Å². The molecular weight excluding hydrogens is 328 g/mol. The highest BCUT2D eigenvalue weighted by Gasteiger charge is 2.18. The molecule has 0 unspecified atom stereocenters. The lowest BCUT2D eigenvalue weighted by Crippen LogP contribution is -2.10. The zero-order valence-electron chi connectivity index (χ0n) is 10.2. The Morgan fingerprint density at radius 3 is 2.75 bits per heavy atom. The maximum atomic E-state index is 10.9. The van der Waals surface area contributed by atoms with E-state index in [9.17, 15) is 10.1 Å². The van der Waals surface area contributed by atoms with E-state index >= 15 is 0 Å². The van der Waals surface area contributed by atoms with Crippen LogP contribution in [0.5, 0.6) is 5.88 Å². The molecular formula is C12H11BrN4O3. The summed E-state index contributed by atoms with van der Waals surface area (Å²) >= 11 is 3.38. The third-order valence-corrected chi connectivity index (χ3v) is 3.28. The second-order valence-electron chi connectivity index (χ2n) is 3.80. The van der Waals surface area contributed by atoms with E-state index in [1.165, 1.54) is 12.1 Å². The molecule has 0 saturated heterocycles. The first-order valence-corrected chi connectivity index (χ1v) is 6.39. The molecule has 0 aliphatic carbocycles. The highest BCUT2D eigenvalue weighted by atomic mass is 79.9. The molecule has 20 heavy (non-hydrogen) atoms. The molecule has 7 nitrogen and oxygen atoms in total. The summed E-state index contributed by atoms with van der Waals surface area (Å²) in [7, 11) is 0. The van der Waals surface area contributed by atoms with E-state index in [1.54, 1.807) is 0 Å². The maximum Gasteiger partial charge on any atom is 0.331 e. The van der Waals surface area contributed by atoms with Crippen molar-refractivity contribution in [1.29, 1.82) is 0 Å². The van der Waals surface area contributed by atoms with Crippen LogP contribution in [0.1, 0.15) is 5.56 Å². The fourth-order valence-electron chi connectivity index (χ4n) is 1.52. The van der Waals surface area contributed by atoms with Crippen LogP contribution in [-0.2, 0) is 6.61 Å². The van der Waals surface area contributed by atoms with E-state index in [0.29, 0.717) is 0 Å². The van der Waals surface area contributed by atoms with Crippen LogP contribution in [0.3, 0.4) is 0 Å². The van der Waals surface area contributed by atoms with Gasteiger partial charge in [0.2, 0.25) is 0 Å². The molecule has 0 saturated carbocycles. The molecule has 0 aliphatic rings.